The maximum absolute atomic E-state index is 11.6. The number of rotatable bonds is 13. The number of pyridine rings is 2. The Labute approximate surface area is 192 Å². The highest BCUT2D eigenvalue weighted by Gasteiger charge is 2.18. The van der Waals surface area contributed by atoms with Crippen molar-refractivity contribution in [2.45, 2.75) is 13.1 Å². The monoisotopic (exact) mass is 472 g/mol. The van der Waals surface area contributed by atoms with Gasteiger partial charge in [0.2, 0.25) is 0 Å². The van der Waals surface area contributed by atoms with Gasteiger partial charge in [-0.05, 0) is 24.3 Å². The van der Waals surface area contributed by atoms with E-state index in [1.165, 1.54) is 40.1 Å². The molecule has 2 aromatic rings. The van der Waals surface area contributed by atoms with Crippen LogP contribution in [0.4, 0.5) is 0 Å². The first-order chi connectivity index (χ1) is 16.2. The van der Waals surface area contributed by atoms with Crippen LogP contribution in [-0.2, 0) is 22.7 Å². The van der Waals surface area contributed by atoms with E-state index >= 15 is 0 Å². The summed E-state index contributed by atoms with van der Waals surface area (Å²) < 4.78 is 0. The normalized spacial score (nSPS) is 10.8. The van der Waals surface area contributed by atoms with Gasteiger partial charge in [0.1, 0.15) is 11.4 Å². The number of aromatic nitrogens is 2. The summed E-state index contributed by atoms with van der Waals surface area (Å²) >= 11 is 0. The van der Waals surface area contributed by atoms with E-state index in [9.17, 15) is 34.1 Å². The van der Waals surface area contributed by atoms with Crippen molar-refractivity contribution in [1.29, 1.82) is 0 Å². The minimum absolute atomic E-state index is 0.00831. The average molecular weight is 472 g/mol. The van der Waals surface area contributed by atoms with E-state index in [0.717, 1.165) is 0 Å². The first kappa shape index (κ1) is 26.0. The number of carboxylic acids is 2. The number of hydrogen-bond donors (Lipinski definition) is 2. The van der Waals surface area contributed by atoms with Gasteiger partial charge in [-0.25, -0.2) is 14.8 Å². The van der Waals surface area contributed by atoms with Crippen molar-refractivity contribution in [3.8, 4) is 0 Å². The molecular formula is C20H20N6O8. The van der Waals surface area contributed by atoms with Crippen LogP contribution in [0.25, 0.3) is 0 Å². The predicted octanol–water partition coefficient (Wildman–Crippen LogP) is 0.763. The van der Waals surface area contributed by atoms with Crippen LogP contribution in [-0.4, -0.2) is 79.9 Å². The van der Waals surface area contributed by atoms with E-state index in [4.69, 9.17) is 5.11 Å². The van der Waals surface area contributed by atoms with E-state index in [1.54, 1.807) is 6.07 Å². The highest BCUT2D eigenvalue weighted by Crippen LogP contribution is 2.08. The summed E-state index contributed by atoms with van der Waals surface area (Å²) in [5.41, 5.74) is 0.243. The maximum atomic E-state index is 11.6. The highest BCUT2D eigenvalue weighted by atomic mass is 16.4. The average Bonchev–Trinajstić information content (AvgIpc) is 2.81. The number of carbonyl (C=O) groups is 4. The Bertz CT molecular complexity index is 1090. The molecule has 2 aromatic heterocycles. The number of carbonyl (C=O) groups excluding carboxylic acids is 2. The molecule has 0 bridgehead atoms. The largest absolute Gasteiger partial charge is 0.480 e. The van der Waals surface area contributed by atoms with Gasteiger partial charge in [0.25, 0.3) is 5.91 Å². The Morgan fingerprint density at radius 2 is 1.29 bits per heavy atom. The number of hydrogen-bond acceptors (Lipinski definition) is 10. The van der Waals surface area contributed by atoms with Crippen LogP contribution in [0.3, 0.4) is 0 Å². The van der Waals surface area contributed by atoms with Gasteiger partial charge in [-0.3, -0.25) is 24.2 Å². The molecule has 0 aliphatic rings. The van der Waals surface area contributed by atoms with Gasteiger partial charge in [-0.2, -0.15) is 0 Å². The third kappa shape index (κ3) is 8.33. The zero-order valence-corrected chi connectivity index (χ0v) is 17.7. The topological polar surface area (TPSA) is 200 Å². The quantitative estimate of drug-likeness (QED) is 0.388. The number of amides is 2. The summed E-state index contributed by atoms with van der Waals surface area (Å²) in [6, 6.07) is 8.63. The Morgan fingerprint density at radius 1 is 0.765 bits per heavy atom. The first-order valence-corrected chi connectivity index (χ1v) is 9.77. The summed E-state index contributed by atoms with van der Waals surface area (Å²) in [6.07, 6.45) is 0. The number of nitrogens with zero attached hydrogens (tertiary/aromatic N) is 6. The molecule has 0 saturated heterocycles. The van der Waals surface area contributed by atoms with Gasteiger partial charge in [-0.1, -0.05) is 12.1 Å². The molecule has 0 aliphatic carbocycles. The lowest BCUT2D eigenvalue weighted by Crippen LogP contribution is -2.39. The molecule has 178 valence electrons. The van der Waals surface area contributed by atoms with Crippen LogP contribution in [0.1, 0.15) is 32.4 Å². The van der Waals surface area contributed by atoms with Crippen molar-refractivity contribution < 1.29 is 29.4 Å². The standard InChI is InChI=1S/C20H20N6O8/c27-17(23-33)11-25(9-13-3-1-5-15(21-13)19(30)24-34)7-8-26(12-18(28)29)10-14-4-2-6-16(22-14)20(31)32/h1-6H,7-12H2,(H,28,29)(H,31,32). The van der Waals surface area contributed by atoms with Crippen LogP contribution >= 0.6 is 0 Å². The molecule has 0 atom stereocenters. The number of nitroso groups, excluding NO2 is 2. The zero-order chi connectivity index (χ0) is 25.1. The van der Waals surface area contributed by atoms with Gasteiger partial charge in [0.15, 0.2) is 0 Å². The lowest BCUT2D eigenvalue weighted by Gasteiger charge is -2.25. The Morgan fingerprint density at radius 3 is 1.79 bits per heavy atom. The minimum atomic E-state index is -1.23. The maximum Gasteiger partial charge on any atom is 0.354 e. The lowest BCUT2D eigenvalue weighted by atomic mass is 10.2. The third-order valence-corrected chi connectivity index (χ3v) is 4.46. The fourth-order valence-corrected chi connectivity index (χ4v) is 3.00. The van der Waals surface area contributed by atoms with Gasteiger partial charge in [-0.15, -0.1) is 9.81 Å². The molecular weight excluding hydrogens is 452 g/mol. The minimum Gasteiger partial charge on any atom is -0.480 e. The molecule has 34 heavy (non-hydrogen) atoms. The van der Waals surface area contributed by atoms with Gasteiger partial charge in [0.05, 0.1) is 24.5 Å². The molecule has 0 spiro atoms. The fraction of sp³-hybridized carbons (Fsp3) is 0.300. The van der Waals surface area contributed by atoms with Crippen LogP contribution < -0.4 is 0 Å². The summed E-state index contributed by atoms with van der Waals surface area (Å²) in [5, 5.41) is 23.0. The highest BCUT2D eigenvalue weighted by molar-refractivity contribution is 5.92. The third-order valence-electron chi connectivity index (χ3n) is 4.46. The molecule has 0 radical (unpaired) electrons. The number of carboxylic acid groups (broad SMARTS) is 2. The van der Waals surface area contributed by atoms with Crippen LogP contribution in [0.2, 0.25) is 0 Å². The van der Waals surface area contributed by atoms with E-state index < -0.39 is 36.8 Å². The Balaban J connectivity index is 2.16. The Kier molecular flexibility index (Phi) is 9.67. The van der Waals surface area contributed by atoms with Crippen molar-refractivity contribution >= 4 is 23.8 Å². The second-order valence-electron chi connectivity index (χ2n) is 7.03. The SMILES string of the molecule is O=NC(=O)CN(CCN(CC(=O)O)Cc1cccc(C(=O)O)n1)Cc1cccc(C(=O)N=O)n1. The second-order valence-corrected chi connectivity index (χ2v) is 7.03. The molecule has 0 unspecified atom stereocenters. The van der Waals surface area contributed by atoms with Crippen molar-refractivity contribution in [2.24, 2.45) is 10.4 Å². The molecule has 0 aliphatic heterocycles. The smallest absolute Gasteiger partial charge is 0.354 e. The van der Waals surface area contributed by atoms with E-state index in [1.807, 2.05) is 0 Å². The van der Waals surface area contributed by atoms with Gasteiger partial charge in [0, 0.05) is 36.5 Å². The molecule has 0 fully saturated rings. The molecule has 0 saturated carbocycles. The van der Waals surface area contributed by atoms with Crippen molar-refractivity contribution in [1.82, 2.24) is 19.8 Å². The van der Waals surface area contributed by atoms with Gasteiger partial charge >= 0.3 is 17.8 Å². The molecule has 2 amide bonds. The van der Waals surface area contributed by atoms with Crippen LogP contribution in [0.15, 0.2) is 46.8 Å². The fourth-order valence-electron chi connectivity index (χ4n) is 3.00. The number of aliphatic carboxylic acids is 1. The number of aromatic carboxylic acids is 1. The summed E-state index contributed by atoms with van der Waals surface area (Å²) in [6.45, 7) is -0.642. The Hall–Kier alpha value is -4.30. The van der Waals surface area contributed by atoms with E-state index in [-0.39, 0.29) is 37.6 Å². The first-order valence-electron chi connectivity index (χ1n) is 9.77. The van der Waals surface area contributed by atoms with Crippen LogP contribution in [0.5, 0.6) is 0 Å². The predicted molar refractivity (Wildman–Crippen MR) is 115 cm³/mol. The second kappa shape index (κ2) is 12.7. The van der Waals surface area contributed by atoms with Crippen molar-refractivity contribution in [2.75, 3.05) is 26.2 Å². The summed E-state index contributed by atoms with van der Waals surface area (Å²) in [5.74, 6) is -4.40. The van der Waals surface area contributed by atoms with Crippen molar-refractivity contribution in [3.05, 3.63) is 69.0 Å². The van der Waals surface area contributed by atoms with Gasteiger partial charge < -0.3 is 10.2 Å². The van der Waals surface area contributed by atoms with E-state index in [2.05, 4.69) is 20.3 Å². The van der Waals surface area contributed by atoms with Crippen molar-refractivity contribution in [3.63, 3.8) is 0 Å². The molecule has 2 heterocycles. The molecule has 14 heteroatoms. The summed E-state index contributed by atoms with van der Waals surface area (Å²) in [4.78, 5) is 77.5. The molecule has 0 aromatic carbocycles. The summed E-state index contributed by atoms with van der Waals surface area (Å²) in [7, 11) is 0. The van der Waals surface area contributed by atoms with E-state index in [0.29, 0.717) is 11.4 Å². The molecule has 2 N–H and O–H groups in total. The van der Waals surface area contributed by atoms with Crippen LogP contribution in [0, 0.1) is 9.81 Å². The lowest BCUT2D eigenvalue weighted by molar-refractivity contribution is -0.138. The molecule has 2 rings (SSSR count). The zero-order valence-electron chi connectivity index (χ0n) is 17.7. The molecule has 14 nitrogen and oxygen atoms in total.